The van der Waals surface area contributed by atoms with Crippen molar-refractivity contribution in [1.82, 2.24) is 4.98 Å². The van der Waals surface area contributed by atoms with E-state index in [0.29, 0.717) is 11.4 Å². The van der Waals surface area contributed by atoms with E-state index in [2.05, 4.69) is 31.1 Å². The van der Waals surface area contributed by atoms with Gasteiger partial charge in [-0.05, 0) is 11.6 Å². The Kier molecular flexibility index (Phi) is 5.21. The van der Waals surface area contributed by atoms with Gasteiger partial charge in [0, 0.05) is 11.1 Å². The molecule has 1 N–H and O–H groups in total. The van der Waals surface area contributed by atoms with Crippen molar-refractivity contribution in [2.75, 3.05) is 12.4 Å². The zero-order valence-electron chi connectivity index (χ0n) is 13.9. The molecule has 122 valence electrons. The molecule has 0 fully saturated rings. The number of anilines is 1. The summed E-state index contributed by atoms with van der Waals surface area (Å²) < 4.78 is 10.5. The van der Waals surface area contributed by atoms with Gasteiger partial charge in [-0.1, -0.05) is 51.1 Å². The van der Waals surface area contributed by atoms with E-state index in [9.17, 15) is 4.79 Å². The number of pyridine rings is 1. The number of hydrogen-bond acceptors (Lipinski definition) is 4. The van der Waals surface area contributed by atoms with Crippen LogP contribution in [0.4, 0.5) is 10.5 Å². The van der Waals surface area contributed by atoms with Gasteiger partial charge in [-0.2, -0.15) is 0 Å². The first-order valence-electron chi connectivity index (χ1n) is 7.42. The van der Waals surface area contributed by atoms with Gasteiger partial charge in [0.25, 0.3) is 0 Å². The molecular weight excluding hydrogens is 292 g/mol. The third-order valence-corrected chi connectivity index (χ3v) is 3.31. The molecule has 1 aromatic heterocycles. The molecule has 5 heteroatoms. The second kappa shape index (κ2) is 7.13. The fraction of sp³-hybridized carbons (Fsp3) is 0.333. The van der Waals surface area contributed by atoms with Crippen molar-refractivity contribution in [3.05, 3.63) is 53.9 Å². The van der Waals surface area contributed by atoms with Gasteiger partial charge in [0.15, 0.2) is 5.75 Å². The average molecular weight is 314 g/mol. The maximum Gasteiger partial charge on any atom is 0.412 e. The van der Waals surface area contributed by atoms with Gasteiger partial charge in [0.1, 0.15) is 6.61 Å². The number of carbonyl (C=O) groups is 1. The highest BCUT2D eigenvalue weighted by Crippen LogP contribution is 2.29. The second-order valence-electron chi connectivity index (χ2n) is 6.21. The summed E-state index contributed by atoms with van der Waals surface area (Å²) in [6.07, 6.45) is 1.08. The molecule has 0 spiro atoms. The van der Waals surface area contributed by atoms with E-state index in [1.807, 2.05) is 36.4 Å². The summed E-state index contributed by atoms with van der Waals surface area (Å²) in [4.78, 5) is 16.4. The lowest BCUT2D eigenvalue weighted by Crippen LogP contribution is -2.17. The summed E-state index contributed by atoms with van der Waals surface area (Å²) in [6, 6.07) is 11.3. The Bertz CT molecular complexity index is 664. The van der Waals surface area contributed by atoms with Crippen LogP contribution >= 0.6 is 0 Å². The number of nitrogens with one attached hydrogen (secondary N) is 1. The summed E-state index contributed by atoms with van der Waals surface area (Å²) in [5, 5.41) is 2.72. The molecule has 1 aromatic carbocycles. The SMILES string of the molecule is COc1cnc(C(C)(C)C)cc1NC(=O)OCc1ccccc1. The van der Waals surface area contributed by atoms with Crippen LogP contribution in [0.2, 0.25) is 0 Å². The monoisotopic (exact) mass is 314 g/mol. The third-order valence-electron chi connectivity index (χ3n) is 3.31. The maximum atomic E-state index is 12.0. The minimum absolute atomic E-state index is 0.128. The van der Waals surface area contributed by atoms with Gasteiger partial charge in [-0.3, -0.25) is 10.3 Å². The number of benzene rings is 1. The third kappa shape index (κ3) is 4.71. The van der Waals surface area contributed by atoms with E-state index in [-0.39, 0.29) is 12.0 Å². The number of carbonyl (C=O) groups excluding carboxylic acids is 1. The van der Waals surface area contributed by atoms with Crippen LogP contribution < -0.4 is 10.1 Å². The Hall–Kier alpha value is -2.56. The maximum absolute atomic E-state index is 12.0. The predicted octanol–water partition coefficient (Wildman–Crippen LogP) is 4.14. The van der Waals surface area contributed by atoms with E-state index >= 15 is 0 Å². The van der Waals surface area contributed by atoms with E-state index in [4.69, 9.17) is 9.47 Å². The quantitative estimate of drug-likeness (QED) is 0.921. The van der Waals surface area contributed by atoms with E-state index in [0.717, 1.165) is 11.3 Å². The van der Waals surface area contributed by atoms with Gasteiger partial charge in [-0.15, -0.1) is 0 Å². The molecule has 0 aliphatic rings. The van der Waals surface area contributed by atoms with Crippen molar-refractivity contribution >= 4 is 11.8 Å². The predicted molar refractivity (Wildman–Crippen MR) is 89.7 cm³/mol. The molecule has 0 saturated heterocycles. The van der Waals surface area contributed by atoms with Gasteiger partial charge < -0.3 is 9.47 Å². The van der Waals surface area contributed by atoms with E-state index in [1.54, 1.807) is 6.20 Å². The van der Waals surface area contributed by atoms with Crippen LogP contribution in [-0.4, -0.2) is 18.2 Å². The second-order valence-corrected chi connectivity index (χ2v) is 6.21. The van der Waals surface area contributed by atoms with Gasteiger partial charge in [0.05, 0.1) is 19.0 Å². The molecule has 1 amide bonds. The van der Waals surface area contributed by atoms with Crippen molar-refractivity contribution in [3.8, 4) is 5.75 Å². The minimum atomic E-state index is -0.529. The van der Waals surface area contributed by atoms with Gasteiger partial charge in [0.2, 0.25) is 0 Å². The average Bonchev–Trinajstić information content (AvgIpc) is 2.53. The Balaban J connectivity index is 2.07. The van der Waals surface area contributed by atoms with Crippen molar-refractivity contribution < 1.29 is 14.3 Å². The zero-order chi connectivity index (χ0) is 16.9. The smallest absolute Gasteiger partial charge is 0.412 e. The van der Waals surface area contributed by atoms with E-state index < -0.39 is 6.09 Å². The number of nitrogens with zero attached hydrogens (tertiary/aromatic N) is 1. The molecule has 0 radical (unpaired) electrons. The number of aromatic nitrogens is 1. The lowest BCUT2D eigenvalue weighted by molar-refractivity contribution is 0.155. The fourth-order valence-electron chi connectivity index (χ4n) is 1.98. The summed E-state index contributed by atoms with van der Waals surface area (Å²) in [5.74, 6) is 0.495. The number of amides is 1. The van der Waals surface area contributed by atoms with E-state index in [1.165, 1.54) is 7.11 Å². The lowest BCUT2D eigenvalue weighted by Gasteiger charge is -2.19. The van der Waals surface area contributed by atoms with Gasteiger partial charge >= 0.3 is 6.09 Å². The summed E-state index contributed by atoms with van der Waals surface area (Å²) >= 11 is 0. The molecule has 0 aliphatic carbocycles. The van der Waals surface area contributed by atoms with Crippen LogP contribution in [0.15, 0.2) is 42.6 Å². The van der Waals surface area contributed by atoms with Crippen molar-refractivity contribution in [2.45, 2.75) is 32.8 Å². The van der Waals surface area contributed by atoms with Crippen LogP contribution in [0.25, 0.3) is 0 Å². The number of hydrogen-bond donors (Lipinski definition) is 1. The van der Waals surface area contributed by atoms with Crippen molar-refractivity contribution in [3.63, 3.8) is 0 Å². The van der Waals surface area contributed by atoms with Crippen molar-refractivity contribution in [1.29, 1.82) is 0 Å². The first kappa shape index (κ1) is 16.8. The number of methoxy groups -OCH3 is 1. The molecular formula is C18H22N2O3. The molecule has 5 nitrogen and oxygen atoms in total. The standard InChI is InChI=1S/C18H22N2O3/c1-18(2,3)16-10-14(15(22-4)11-19-16)20-17(21)23-12-13-8-6-5-7-9-13/h5-11H,12H2,1-4H3,(H,19,20,21). The zero-order valence-corrected chi connectivity index (χ0v) is 13.9. The molecule has 0 bridgehead atoms. The molecule has 0 aliphatic heterocycles. The lowest BCUT2D eigenvalue weighted by atomic mass is 9.91. The highest BCUT2D eigenvalue weighted by molar-refractivity contribution is 5.86. The van der Waals surface area contributed by atoms with Crippen molar-refractivity contribution in [2.24, 2.45) is 0 Å². The van der Waals surface area contributed by atoms with Crippen LogP contribution in [0.5, 0.6) is 5.75 Å². The summed E-state index contributed by atoms with van der Waals surface area (Å²) in [7, 11) is 1.54. The fourth-order valence-corrected chi connectivity index (χ4v) is 1.98. The molecule has 2 rings (SSSR count). The van der Waals surface area contributed by atoms with Crippen LogP contribution in [0, 0.1) is 0 Å². The minimum Gasteiger partial charge on any atom is -0.493 e. The molecule has 2 aromatic rings. The molecule has 1 heterocycles. The number of ether oxygens (including phenoxy) is 2. The highest BCUT2D eigenvalue weighted by Gasteiger charge is 2.18. The first-order valence-corrected chi connectivity index (χ1v) is 7.42. The topological polar surface area (TPSA) is 60.5 Å². The molecule has 23 heavy (non-hydrogen) atoms. The number of rotatable bonds is 4. The highest BCUT2D eigenvalue weighted by atomic mass is 16.5. The Labute approximate surface area is 136 Å². The molecule has 0 atom stereocenters. The Morgan fingerprint density at radius 3 is 2.52 bits per heavy atom. The molecule has 0 saturated carbocycles. The Morgan fingerprint density at radius 2 is 1.91 bits per heavy atom. The summed E-state index contributed by atoms with van der Waals surface area (Å²) in [5.41, 5.74) is 2.21. The van der Waals surface area contributed by atoms with Crippen LogP contribution in [0.1, 0.15) is 32.0 Å². The Morgan fingerprint density at radius 1 is 1.22 bits per heavy atom. The first-order chi connectivity index (χ1) is 10.9. The van der Waals surface area contributed by atoms with Crippen LogP contribution in [0.3, 0.4) is 0 Å². The largest absolute Gasteiger partial charge is 0.493 e. The van der Waals surface area contributed by atoms with Gasteiger partial charge in [-0.25, -0.2) is 4.79 Å². The normalized spacial score (nSPS) is 11.0. The molecule has 0 unspecified atom stereocenters. The summed E-state index contributed by atoms with van der Waals surface area (Å²) in [6.45, 7) is 6.38. The van der Waals surface area contributed by atoms with Crippen LogP contribution in [-0.2, 0) is 16.8 Å².